The van der Waals surface area contributed by atoms with Gasteiger partial charge in [-0.3, -0.25) is 4.90 Å². The Kier molecular flexibility index (Phi) is 4.76. The van der Waals surface area contributed by atoms with Gasteiger partial charge < -0.3 is 14.0 Å². The van der Waals surface area contributed by atoms with Gasteiger partial charge >= 0.3 is 6.18 Å². The summed E-state index contributed by atoms with van der Waals surface area (Å²) < 4.78 is 51.8. The molecule has 7 nitrogen and oxygen atoms in total. The predicted molar refractivity (Wildman–Crippen MR) is 113 cm³/mol. The summed E-state index contributed by atoms with van der Waals surface area (Å²) >= 11 is 0. The van der Waals surface area contributed by atoms with Crippen molar-refractivity contribution in [2.75, 3.05) is 26.8 Å². The van der Waals surface area contributed by atoms with Gasteiger partial charge in [-0.2, -0.15) is 13.2 Å². The summed E-state index contributed by atoms with van der Waals surface area (Å²) in [6, 6.07) is 3.03. The number of hydrogen-bond acceptors (Lipinski definition) is 6. The number of ether oxygens (including phenoxy) is 2. The first kappa shape index (κ1) is 20.7. The molecule has 5 heterocycles. The molecule has 1 saturated carbocycles. The second-order valence-electron chi connectivity index (χ2n) is 9.15. The molecule has 1 unspecified atom stereocenters. The minimum Gasteiger partial charge on any atom is -0.491 e. The number of methoxy groups -OCH3 is 1. The van der Waals surface area contributed by atoms with Gasteiger partial charge in [-0.05, 0) is 42.4 Å². The average Bonchev–Trinajstić information content (AvgIpc) is 3.10. The van der Waals surface area contributed by atoms with Gasteiger partial charge in [0.1, 0.15) is 5.82 Å². The van der Waals surface area contributed by atoms with Crippen LogP contribution in [0.1, 0.15) is 23.4 Å². The number of aryl methyl sites for hydroxylation is 2. The van der Waals surface area contributed by atoms with Gasteiger partial charge in [0, 0.05) is 37.9 Å². The number of imidazole rings is 1. The van der Waals surface area contributed by atoms with E-state index in [1.807, 2.05) is 6.20 Å². The molecule has 2 fully saturated rings. The average molecular weight is 458 g/mol. The molecule has 3 aromatic rings. The van der Waals surface area contributed by atoms with Crippen molar-refractivity contribution in [3.05, 3.63) is 41.5 Å². The number of hydrogen-bond donors (Lipinski definition) is 0. The molecule has 0 spiro atoms. The topological polar surface area (TPSA) is 65.3 Å². The summed E-state index contributed by atoms with van der Waals surface area (Å²) in [4.78, 5) is 15.5. The molecule has 3 aromatic heterocycles. The van der Waals surface area contributed by atoms with E-state index in [1.165, 1.54) is 18.2 Å². The van der Waals surface area contributed by atoms with E-state index in [4.69, 9.17) is 14.5 Å². The zero-order valence-corrected chi connectivity index (χ0v) is 18.2. The molecule has 6 rings (SSSR count). The van der Waals surface area contributed by atoms with Crippen molar-refractivity contribution in [1.29, 1.82) is 0 Å². The Morgan fingerprint density at radius 1 is 1.18 bits per heavy atom. The van der Waals surface area contributed by atoms with E-state index in [0.29, 0.717) is 24.4 Å². The fourth-order valence-corrected chi connectivity index (χ4v) is 5.49. The van der Waals surface area contributed by atoms with Gasteiger partial charge in [0.05, 0.1) is 31.3 Å². The van der Waals surface area contributed by atoms with Gasteiger partial charge in [0.2, 0.25) is 0 Å². The second kappa shape index (κ2) is 7.58. The number of piperidine rings is 1. The fourth-order valence-electron chi connectivity index (χ4n) is 5.49. The van der Waals surface area contributed by atoms with Crippen LogP contribution in [0.2, 0.25) is 0 Å². The SMILES string of the molecule is [11CH3]Oc1cc(C(F)(F)F)cnc1OCC1[C@H]2CN(Cc3nc4nccc5c4n3CCC5)C[C@@H]12. The standard InChI is InChI=1S/C23H24F3N5O2/c1-32-18-7-14(23(24,25)26)8-28-22(18)33-12-17-15-9-30(10-16(15)17)11-19-29-21-20-13(4-5-27-21)3-2-6-31(19)20/h4-5,7-8,15-17H,2-3,6,9-12H2,1H3/t15-,16+,17?/i1-1. The lowest BCUT2D eigenvalue weighted by Crippen LogP contribution is -2.27. The molecule has 1 aliphatic carbocycles. The fraction of sp³-hybridized carbons (Fsp3) is 0.522. The third kappa shape index (κ3) is 3.60. The van der Waals surface area contributed by atoms with E-state index in [-0.39, 0.29) is 11.6 Å². The van der Waals surface area contributed by atoms with Crippen molar-refractivity contribution >= 4 is 11.2 Å². The van der Waals surface area contributed by atoms with Crippen molar-refractivity contribution < 1.29 is 22.6 Å². The van der Waals surface area contributed by atoms with E-state index in [0.717, 1.165) is 62.8 Å². The van der Waals surface area contributed by atoms with Gasteiger partial charge in [0.25, 0.3) is 5.88 Å². The van der Waals surface area contributed by atoms with Crippen LogP contribution in [-0.4, -0.2) is 51.2 Å². The number of alkyl halides is 3. The highest BCUT2D eigenvalue weighted by atomic mass is 19.4. The van der Waals surface area contributed by atoms with Gasteiger partial charge in [-0.15, -0.1) is 0 Å². The molecule has 1 saturated heterocycles. The first-order chi connectivity index (χ1) is 15.9. The van der Waals surface area contributed by atoms with Crippen LogP contribution in [0.15, 0.2) is 24.5 Å². The van der Waals surface area contributed by atoms with Crippen molar-refractivity contribution in [2.45, 2.75) is 32.1 Å². The van der Waals surface area contributed by atoms with Crippen LogP contribution in [0.25, 0.3) is 11.2 Å². The Morgan fingerprint density at radius 2 is 2.00 bits per heavy atom. The Balaban J connectivity index is 1.07. The Morgan fingerprint density at radius 3 is 2.76 bits per heavy atom. The monoisotopic (exact) mass is 458 g/mol. The van der Waals surface area contributed by atoms with Crippen molar-refractivity contribution in [3.63, 3.8) is 0 Å². The van der Waals surface area contributed by atoms with Gasteiger partial charge in [-0.25, -0.2) is 15.0 Å². The van der Waals surface area contributed by atoms with Crippen LogP contribution in [0, 0.1) is 17.8 Å². The summed E-state index contributed by atoms with van der Waals surface area (Å²) in [6.45, 7) is 4.18. The van der Waals surface area contributed by atoms with Crippen LogP contribution in [0.4, 0.5) is 13.2 Å². The quantitative estimate of drug-likeness (QED) is 0.563. The smallest absolute Gasteiger partial charge is 0.418 e. The van der Waals surface area contributed by atoms with Crippen molar-refractivity contribution in [2.24, 2.45) is 17.8 Å². The molecule has 174 valence electrons. The molecule has 3 aliphatic rings. The molecule has 33 heavy (non-hydrogen) atoms. The van der Waals surface area contributed by atoms with Crippen molar-refractivity contribution in [1.82, 2.24) is 24.4 Å². The van der Waals surface area contributed by atoms with Gasteiger partial charge in [-0.1, -0.05) is 0 Å². The maximum atomic E-state index is 12.9. The Bertz CT molecular complexity index is 1200. The number of aromatic nitrogens is 4. The summed E-state index contributed by atoms with van der Waals surface area (Å²) in [5.41, 5.74) is 2.51. The van der Waals surface area contributed by atoms with Crippen molar-refractivity contribution in [3.8, 4) is 11.6 Å². The Labute approximate surface area is 188 Å². The molecule has 0 N–H and O–H groups in total. The van der Waals surface area contributed by atoms with E-state index >= 15 is 0 Å². The van der Waals surface area contributed by atoms with E-state index < -0.39 is 11.7 Å². The third-order valence-electron chi connectivity index (χ3n) is 7.22. The van der Waals surface area contributed by atoms with Crippen LogP contribution >= 0.6 is 0 Å². The molecular weight excluding hydrogens is 434 g/mol. The third-order valence-corrected chi connectivity index (χ3v) is 7.22. The van der Waals surface area contributed by atoms with E-state index in [1.54, 1.807) is 0 Å². The Hall–Kier alpha value is -2.88. The first-order valence-corrected chi connectivity index (χ1v) is 11.2. The molecule has 3 atom stereocenters. The predicted octanol–water partition coefficient (Wildman–Crippen LogP) is 3.56. The number of likely N-dealkylation sites (tertiary alicyclic amines) is 1. The molecule has 0 radical (unpaired) electrons. The lowest BCUT2D eigenvalue weighted by molar-refractivity contribution is -0.138. The maximum absolute atomic E-state index is 12.9. The van der Waals surface area contributed by atoms with Crippen LogP contribution in [0.3, 0.4) is 0 Å². The second-order valence-corrected chi connectivity index (χ2v) is 9.15. The zero-order valence-electron chi connectivity index (χ0n) is 18.2. The molecule has 0 amide bonds. The number of pyridine rings is 2. The summed E-state index contributed by atoms with van der Waals surface area (Å²) in [5.74, 6) is 2.65. The van der Waals surface area contributed by atoms with Crippen LogP contribution in [0.5, 0.6) is 11.6 Å². The highest BCUT2D eigenvalue weighted by Gasteiger charge is 2.56. The number of nitrogens with zero attached hydrogens (tertiary/aromatic N) is 5. The number of rotatable bonds is 6. The molecule has 0 bridgehead atoms. The normalized spacial score (nSPS) is 24.2. The summed E-state index contributed by atoms with van der Waals surface area (Å²) in [5, 5.41) is 0. The highest BCUT2D eigenvalue weighted by Crippen LogP contribution is 2.52. The van der Waals surface area contributed by atoms with Crippen LogP contribution < -0.4 is 9.47 Å². The molecular formula is C23H24F3N5O2. The minimum absolute atomic E-state index is 0.00517. The largest absolute Gasteiger partial charge is 0.491 e. The zero-order chi connectivity index (χ0) is 22.7. The lowest BCUT2D eigenvalue weighted by atomic mass is 10.1. The van der Waals surface area contributed by atoms with Crippen LogP contribution in [-0.2, 0) is 25.7 Å². The maximum Gasteiger partial charge on any atom is 0.418 e. The molecule has 0 aromatic carbocycles. The molecule has 10 heteroatoms. The first-order valence-electron chi connectivity index (χ1n) is 11.2. The number of halogens is 3. The van der Waals surface area contributed by atoms with E-state index in [2.05, 4.69) is 25.5 Å². The highest BCUT2D eigenvalue weighted by molar-refractivity contribution is 5.76. The summed E-state index contributed by atoms with van der Waals surface area (Å²) in [6.07, 6.45) is 0.376. The number of fused-ring (bicyclic) bond motifs is 1. The lowest BCUT2D eigenvalue weighted by Gasteiger charge is -2.21. The molecule has 2 aliphatic heterocycles. The summed E-state index contributed by atoms with van der Waals surface area (Å²) in [7, 11) is 1.32. The van der Waals surface area contributed by atoms with Gasteiger partial charge in [0.15, 0.2) is 11.4 Å². The minimum atomic E-state index is -4.47. The van der Waals surface area contributed by atoms with E-state index in [9.17, 15) is 13.2 Å².